The molecule has 3 N–H and O–H groups in total. The van der Waals surface area contributed by atoms with Gasteiger partial charge in [-0.15, -0.1) is 13.2 Å². The Hall–Kier alpha value is -3.31. The molecular weight excluding hydrogens is 345 g/mol. The summed E-state index contributed by atoms with van der Waals surface area (Å²) in [6, 6.07) is 3.47. The second-order valence-electron chi connectivity index (χ2n) is 4.78. The zero-order valence-corrected chi connectivity index (χ0v) is 12.8. The van der Waals surface area contributed by atoms with Crippen molar-refractivity contribution in [2.24, 2.45) is 10.2 Å². The number of halogens is 3. The van der Waals surface area contributed by atoms with E-state index in [0.717, 1.165) is 17.1 Å². The van der Waals surface area contributed by atoms with Crippen molar-refractivity contribution in [1.82, 2.24) is 21.3 Å². The van der Waals surface area contributed by atoms with E-state index >= 15 is 0 Å². The third kappa shape index (κ3) is 6.01. The molecule has 134 valence electrons. The number of nitrogens with zero attached hydrogens (tertiary/aromatic N) is 3. The number of carbonyl (C=O) groups excluding carboxylic acids is 2. The van der Waals surface area contributed by atoms with Crippen LogP contribution in [-0.4, -0.2) is 41.9 Å². The lowest BCUT2D eigenvalue weighted by molar-refractivity contribution is -0.274. The summed E-state index contributed by atoms with van der Waals surface area (Å²) in [5.41, 5.74) is 7.57. The fourth-order valence-electron chi connectivity index (χ4n) is 1.70. The van der Waals surface area contributed by atoms with Crippen molar-refractivity contribution < 1.29 is 27.5 Å². The standard InChI is InChI=1S/C13H13F3N6O3/c1-8-7-22(12(24)20-18-8)21-11(23)19-17-6-9-2-4-10(5-3-9)25-13(14,15)16/h2-6H,7H2,1H3,(H,20,24)(H2,19,21,23)/b17-6+. The second kappa shape index (κ2) is 7.51. The molecule has 0 spiro atoms. The molecule has 12 heteroatoms. The molecule has 1 aliphatic rings. The monoisotopic (exact) mass is 358 g/mol. The summed E-state index contributed by atoms with van der Waals surface area (Å²) in [5, 5.41) is 8.31. The minimum Gasteiger partial charge on any atom is -0.406 e. The quantitative estimate of drug-likeness (QED) is 0.561. The van der Waals surface area contributed by atoms with Gasteiger partial charge in [0.05, 0.1) is 18.5 Å². The summed E-state index contributed by atoms with van der Waals surface area (Å²) in [7, 11) is 0. The molecule has 0 fully saturated rings. The first kappa shape index (κ1) is 18.0. The first-order valence-corrected chi connectivity index (χ1v) is 6.79. The van der Waals surface area contributed by atoms with Gasteiger partial charge in [0.1, 0.15) is 5.75 Å². The van der Waals surface area contributed by atoms with Crippen molar-refractivity contribution in [3.8, 4) is 5.75 Å². The highest BCUT2D eigenvalue weighted by Gasteiger charge is 2.30. The summed E-state index contributed by atoms with van der Waals surface area (Å²) in [6.45, 7) is 1.78. The molecular formula is C13H13F3N6O3. The maximum atomic E-state index is 12.0. The second-order valence-corrected chi connectivity index (χ2v) is 4.78. The van der Waals surface area contributed by atoms with E-state index in [-0.39, 0.29) is 12.3 Å². The van der Waals surface area contributed by atoms with E-state index in [0.29, 0.717) is 11.3 Å². The number of rotatable bonds is 4. The van der Waals surface area contributed by atoms with Gasteiger partial charge in [-0.25, -0.2) is 30.9 Å². The maximum absolute atomic E-state index is 12.0. The summed E-state index contributed by atoms with van der Waals surface area (Å²) < 4.78 is 39.8. The number of hydrogen-bond acceptors (Lipinski definition) is 5. The van der Waals surface area contributed by atoms with Gasteiger partial charge in [-0.05, 0) is 36.8 Å². The molecule has 0 saturated carbocycles. The van der Waals surface area contributed by atoms with E-state index < -0.39 is 18.4 Å². The lowest BCUT2D eigenvalue weighted by atomic mass is 10.2. The molecule has 0 aliphatic carbocycles. The average Bonchev–Trinajstić information content (AvgIpc) is 2.51. The summed E-state index contributed by atoms with van der Waals surface area (Å²) >= 11 is 0. The van der Waals surface area contributed by atoms with Crippen molar-refractivity contribution in [2.45, 2.75) is 13.3 Å². The van der Waals surface area contributed by atoms with Crippen LogP contribution in [0.4, 0.5) is 22.8 Å². The van der Waals surface area contributed by atoms with Gasteiger partial charge in [0, 0.05) is 0 Å². The Labute approximate surface area is 139 Å². The topological polar surface area (TPSA) is 107 Å². The molecule has 1 aromatic carbocycles. The fourth-order valence-corrected chi connectivity index (χ4v) is 1.70. The number of alkyl halides is 3. The molecule has 9 nitrogen and oxygen atoms in total. The predicted octanol–water partition coefficient (Wildman–Crippen LogP) is 1.53. The fraction of sp³-hybridized carbons (Fsp3) is 0.231. The number of benzene rings is 1. The Balaban J connectivity index is 1.83. The lowest BCUT2D eigenvalue weighted by Crippen LogP contribution is -2.55. The number of amides is 4. The van der Waals surface area contributed by atoms with Gasteiger partial charge in [-0.3, -0.25) is 0 Å². The lowest BCUT2D eigenvalue weighted by Gasteiger charge is -2.25. The van der Waals surface area contributed by atoms with E-state index in [4.69, 9.17) is 0 Å². The zero-order chi connectivity index (χ0) is 18.4. The number of hydrogen-bond donors (Lipinski definition) is 3. The first-order valence-electron chi connectivity index (χ1n) is 6.79. The van der Waals surface area contributed by atoms with Crippen LogP contribution < -0.4 is 21.0 Å². The minimum atomic E-state index is -4.76. The largest absolute Gasteiger partial charge is 0.573 e. The molecule has 0 atom stereocenters. The van der Waals surface area contributed by atoms with Crippen LogP contribution in [-0.2, 0) is 0 Å². The SMILES string of the molecule is CC1=NNC(=O)N(NC(=O)N/N=C/c2ccc(OC(F)(F)F)cc2)C1. The number of ether oxygens (including phenoxy) is 1. The highest BCUT2D eigenvalue weighted by Crippen LogP contribution is 2.22. The smallest absolute Gasteiger partial charge is 0.406 e. The molecule has 4 amide bonds. The first-order chi connectivity index (χ1) is 11.7. The number of nitrogens with one attached hydrogen (secondary N) is 3. The minimum absolute atomic E-state index is 0.115. The van der Waals surface area contributed by atoms with Crippen LogP contribution in [0.15, 0.2) is 34.5 Å². The van der Waals surface area contributed by atoms with Crippen molar-refractivity contribution in [2.75, 3.05) is 6.54 Å². The van der Waals surface area contributed by atoms with Crippen LogP contribution in [0.1, 0.15) is 12.5 Å². The van der Waals surface area contributed by atoms with Crippen LogP contribution in [0.25, 0.3) is 0 Å². The number of hydrazine groups is 1. The van der Waals surface area contributed by atoms with Crippen LogP contribution in [0.5, 0.6) is 5.75 Å². The van der Waals surface area contributed by atoms with Crippen LogP contribution in [0.3, 0.4) is 0 Å². The number of hydrazone groups is 2. The summed E-state index contributed by atoms with van der Waals surface area (Å²) in [4.78, 5) is 23.1. The summed E-state index contributed by atoms with van der Waals surface area (Å²) in [5.74, 6) is -0.372. The van der Waals surface area contributed by atoms with E-state index in [1.54, 1.807) is 6.92 Å². The molecule has 0 bridgehead atoms. The molecule has 1 heterocycles. The average molecular weight is 358 g/mol. The zero-order valence-electron chi connectivity index (χ0n) is 12.8. The van der Waals surface area contributed by atoms with E-state index in [1.165, 1.54) is 18.3 Å². The van der Waals surface area contributed by atoms with Crippen molar-refractivity contribution >= 4 is 24.0 Å². The van der Waals surface area contributed by atoms with Gasteiger partial charge >= 0.3 is 18.4 Å². The Morgan fingerprint density at radius 2 is 2.08 bits per heavy atom. The van der Waals surface area contributed by atoms with Crippen molar-refractivity contribution in [1.29, 1.82) is 0 Å². The van der Waals surface area contributed by atoms with E-state index in [2.05, 4.69) is 31.2 Å². The Morgan fingerprint density at radius 3 is 2.72 bits per heavy atom. The maximum Gasteiger partial charge on any atom is 0.573 e. The molecule has 1 aromatic rings. The molecule has 25 heavy (non-hydrogen) atoms. The van der Waals surface area contributed by atoms with Crippen LogP contribution >= 0.6 is 0 Å². The Kier molecular flexibility index (Phi) is 5.41. The molecule has 0 unspecified atom stereocenters. The van der Waals surface area contributed by atoms with Gasteiger partial charge < -0.3 is 4.74 Å². The predicted molar refractivity (Wildman–Crippen MR) is 80.7 cm³/mol. The van der Waals surface area contributed by atoms with Gasteiger partial charge in [0.15, 0.2) is 0 Å². The highest BCUT2D eigenvalue weighted by molar-refractivity contribution is 5.92. The van der Waals surface area contributed by atoms with Gasteiger partial charge in [-0.1, -0.05) is 0 Å². The van der Waals surface area contributed by atoms with Crippen molar-refractivity contribution in [3.63, 3.8) is 0 Å². The van der Waals surface area contributed by atoms with E-state index in [9.17, 15) is 22.8 Å². The van der Waals surface area contributed by atoms with Crippen molar-refractivity contribution in [3.05, 3.63) is 29.8 Å². The molecule has 0 aromatic heterocycles. The summed E-state index contributed by atoms with van der Waals surface area (Å²) in [6.07, 6.45) is -3.56. The highest BCUT2D eigenvalue weighted by atomic mass is 19.4. The molecule has 0 saturated heterocycles. The third-order valence-corrected chi connectivity index (χ3v) is 2.70. The Morgan fingerprint density at radius 1 is 1.40 bits per heavy atom. The van der Waals surface area contributed by atoms with Crippen LogP contribution in [0.2, 0.25) is 0 Å². The number of carbonyl (C=O) groups is 2. The van der Waals surface area contributed by atoms with Gasteiger partial charge in [-0.2, -0.15) is 10.2 Å². The number of urea groups is 2. The molecule has 2 rings (SSSR count). The normalized spacial score (nSPS) is 14.8. The molecule has 0 radical (unpaired) electrons. The van der Waals surface area contributed by atoms with Crippen LogP contribution in [0, 0.1) is 0 Å². The van der Waals surface area contributed by atoms with Gasteiger partial charge in [0.25, 0.3) is 0 Å². The van der Waals surface area contributed by atoms with E-state index in [1.807, 2.05) is 0 Å². The van der Waals surface area contributed by atoms with Gasteiger partial charge in [0.2, 0.25) is 0 Å². The third-order valence-electron chi connectivity index (χ3n) is 2.70. The molecule has 1 aliphatic heterocycles. The Bertz CT molecular complexity index is 702.